The predicted molar refractivity (Wildman–Crippen MR) is 59.1 cm³/mol. The van der Waals surface area contributed by atoms with Crippen molar-refractivity contribution < 1.29 is 21.6 Å². The van der Waals surface area contributed by atoms with Gasteiger partial charge >= 0.3 is 6.18 Å². The number of hydrogen-bond acceptors (Lipinski definition) is 4. The number of anilines is 1. The maximum Gasteiger partial charge on any atom is 0.450 e. The second-order valence-corrected chi connectivity index (χ2v) is 4.74. The van der Waals surface area contributed by atoms with Crippen LogP contribution < -0.4 is 16.3 Å². The lowest BCUT2D eigenvalue weighted by Crippen LogP contribution is -2.32. The van der Waals surface area contributed by atoms with E-state index in [4.69, 9.17) is 5.14 Å². The van der Waals surface area contributed by atoms with Crippen LogP contribution in [0.1, 0.15) is 0 Å². The zero-order valence-electron chi connectivity index (χ0n) is 8.77. The fraction of sp³-hybridized carbons (Fsp3) is 0.125. The number of halogens is 3. The van der Waals surface area contributed by atoms with Gasteiger partial charge in [-0.05, 0) is 24.3 Å². The summed E-state index contributed by atoms with van der Waals surface area (Å²) in [6, 6.07) is 4.65. The summed E-state index contributed by atoms with van der Waals surface area (Å²) in [5.74, 6) is -1.54. The minimum Gasteiger partial charge on any atom is -0.378 e. The van der Waals surface area contributed by atoms with Crippen molar-refractivity contribution in [3.63, 3.8) is 0 Å². The Hall–Kier alpha value is -1.81. The first-order valence-corrected chi connectivity index (χ1v) is 5.94. The number of nitrogens with zero attached hydrogens (tertiary/aromatic N) is 1. The lowest BCUT2D eigenvalue weighted by Gasteiger charge is -2.06. The van der Waals surface area contributed by atoms with Gasteiger partial charge < -0.3 is 5.73 Å². The Bertz CT molecular complexity index is 551. The topological polar surface area (TPSA) is 111 Å². The molecule has 100 valence electrons. The van der Waals surface area contributed by atoms with Gasteiger partial charge in [0.15, 0.2) is 0 Å². The summed E-state index contributed by atoms with van der Waals surface area (Å²) in [5, 5.41) is 7.74. The second kappa shape index (κ2) is 4.82. The smallest absolute Gasteiger partial charge is 0.378 e. The highest BCUT2D eigenvalue weighted by Gasteiger charge is 2.33. The second-order valence-electron chi connectivity index (χ2n) is 3.18. The Balaban J connectivity index is 2.83. The zero-order chi connectivity index (χ0) is 14.0. The van der Waals surface area contributed by atoms with Crippen LogP contribution in [0.5, 0.6) is 0 Å². The number of hydrogen-bond donors (Lipinski definition) is 3. The van der Waals surface area contributed by atoms with Gasteiger partial charge in [-0.25, -0.2) is 13.6 Å². The number of nitrogens with one attached hydrogen (secondary N) is 1. The molecule has 0 saturated carbocycles. The highest BCUT2D eigenvalue weighted by molar-refractivity contribution is 7.89. The number of rotatable bonds is 3. The molecule has 0 aliphatic carbocycles. The van der Waals surface area contributed by atoms with Gasteiger partial charge in [0.25, 0.3) is 0 Å². The molecule has 0 aliphatic heterocycles. The molecule has 0 saturated heterocycles. The van der Waals surface area contributed by atoms with Gasteiger partial charge in [0, 0.05) is 0 Å². The summed E-state index contributed by atoms with van der Waals surface area (Å²) in [5.41, 5.74) is 6.82. The molecule has 6 nitrogen and oxygen atoms in total. The lowest BCUT2D eigenvalue weighted by atomic mass is 10.3. The Labute approximate surface area is 101 Å². The molecule has 1 aromatic carbocycles. The summed E-state index contributed by atoms with van der Waals surface area (Å²) in [4.78, 5) is -0.166. The fourth-order valence-corrected chi connectivity index (χ4v) is 1.42. The third-order valence-corrected chi connectivity index (χ3v) is 2.71. The molecular weight excluding hydrogens is 273 g/mol. The average molecular weight is 282 g/mol. The molecule has 0 aromatic heterocycles. The van der Waals surface area contributed by atoms with Crippen molar-refractivity contribution in [3.05, 3.63) is 24.3 Å². The van der Waals surface area contributed by atoms with Gasteiger partial charge in [-0.3, -0.25) is 5.43 Å². The number of benzene rings is 1. The van der Waals surface area contributed by atoms with Crippen molar-refractivity contribution in [1.29, 1.82) is 0 Å². The van der Waals surface area contributed by atoms with Crippen LogP contribution >= 0.6 is 0 Å². The molecule has 1 rings (SSSR count). The van der Waals surface area contributed by atoms with Crippen molar-refractivity contribution in [2.75, 3.05) is 5.43 Å². The summed E-state index contributed by atoms with van der Waals surface area (Å²) >= 11 is 0. The Morgan fingerprint density at radius 1 is 1.22 bits per heavy atom. The molecule has 5 N–H and O–H groups in total. The predicted octanol–water partition coefficient (Wildman–Crippen LogP) is 0.580. The first-order chi connectivity index (χ1) is 8.10. The maximum absolute atomic E-state index is 12.0. The van der Waals surface area contributed by atoms with E-state index in [9.17, 15) is 21.6 Å². The van der Waals surface area contributed by atoms with Gasteiger partial charge in [0.2, 0.25) is 15.9 Å². The normalized spacial score (nSPS) is 13.4. The molecular formula is C8H9F3N4O2S. The molecule has 0 spiro atoms. The molecule has 0 heterocycles. The fourth-order valence-electron chi connectivity index (χ4n) is 0.907. The molecule has 0 amide bonds. The Kier molecular flexibility index (Phi) is 3.82. The van der Waals surface area contributed by atoms with E-state index in [0.717, 1.165) is 12.1 Å². The summed E-state index contributed by atoms with van der Waals surface area (Å²) in [6.07, 6.45) is -4.73. The first-order valence-electron chi connectivity index (χ1n) is 4.40. The van der Waals surface area contributed by atoms with Crippen molar-refractivity contribution in [2.24, 2.45) is 16.0 Å². The SMILES string of the molecule is N/C(=N\Nc1ccc(S(N)(=O)=O)cc1)C(F)(F)F. The summed E-state index contributed by atoms with van der Waals surface area (Å²) < 4.78 is 57.7. The van der Waals surface area contributed by atoms with Crippen LogP contribution in [0.3, 0.4) is 0 Å². The van der Waals surface area contributed by atoms with Crippen LogP contribution in [0, 0.1) is 0 Å². The zero-order valence-corrected chi connectivity index (χ0v) is 9.59. The third kappa shape index (κ3) is 3.89. The monoisotopic (exact) mass is 282 g/mol. The van der Waals surface area contributed by atoms with Crippen LogP contribution in [-0.2, 0) is 10.0 Å². The van der Waals surface area contributed by atoms with Crippen molar-refractivity contribution in [1.82, 2.24) is 0 Å². The van der Waals surface area contributed by atoms with E-state index in [2.05, 4.69) is 10.8 Å². The minimum atomic E-state index is -4.73. The quantitative estimate of drug-likeness (QED) is 0.428. The molecule has 10 heteroatoms. The Morgan fingerprint density at radius 3 is 2.11 bits per heavy atom. The van der Waals surface area contributed by atoms with Crippen molar-refractivity contribution in [3.8, 4) is 0 Å². The van der Waals surface area contributed by atoms with E-state index in [-0.39, 0.29) is 10.6 Å². The molecule has 0 aliphatic rings. The number of nitrogens with two attached hydrogens (primary N) is 2. The van der Waals surface area contributed by atoms with Crippen LogP contribution in [0.2, 0.25) is 0 Å². The van der Waals surface area contributed by atoms with Crippen LogP contribution in [0.25, 0.3) is 0 Å². The Morgan fingerprint density at radius 2 is 1.72 bits per heavy atom. The minimum absolute atomic E-state index is 0.134. The summed E-state index contributed by atoms with van der Waals surface area (Å²) in [6.45, 7) is 0. The highest BCUT2D eigenvalue weighted by Crippen LogP contribution is 2.16. The molecule has 0 fully saturated rings. The first kappa shape index (κ1) is 14.3. The molecule has 0 unspecified atom stereocenters. The van der Waals surface area contributed by atoms with Crippen molar-refractivity contribution >= 4 is 21.5 Å². The van der Waals surface area contributed by atoms with Gasteiger partial charge in [0.1, 0.15) is 0 Å². The van der Waals surface area contributed by atoms with Gasteiger partial charge in [-0.2, -0.15) is 18.3 Å². The van der Waals surface area contributed by atoms with E-state index >= 15 is 0 Å². The number of sulfonamides is 1. The van der Waals surface area contributed by atoms with E-state index in [0.29, 0.717) is 0 Å². The summed E-state index contributed by atoms with van der Waals surface area (Å²) in [7, 11) is -3.84. The number of alkyl halides is 3. The van der Waals surface area contributed by atoms with Gasteiger partial charge in [-0.15, -0.1) is 0 Å². The standard InChI is InChI=1S/C8H9F3N4O2S/c9-8(10,11)7(12)15-14-5-1-3-6(4-2-5)18(13,16)17/h1-4,14H,(H2,12,15)(H2,13,16,17). The van der Waals surface area contributed by atoms with Gasteiger partial charge in [0.05, 0.1) is 10.6 Å². The van der Waals surface area contributed by atoms with Gasteiger partial charge in [-0.1, -0.05) is 0 Å². The van der Waals surface area contributed by atoms with E-state index in [1.165, 1.54) is 12.1 Å². The number of primary sulfonamides is 1. The van der Waals surface area contributed by atoms with E-state index in [1.54, 1.807) is 0 Å². The number of amidine groups is 1. The molecule has 1 aromatic rings. The van der Waals surface area contributed by atoms with E-state index in [1.807, 2.05) is 5.43 Å². The van der Waals surface area contributed by atoms with E-state index < -0.39 is 22.0 Å². The lowest BCUT2D eigenvalue weighted by molar-refractivity contribution is -0.0599. The van der Waals surface area contributed by atoms with Crippen LogP contribution in [0.15, 0.2) is 34.3 Å². The number of hydrazone groups is 1. The highest BCUT2D eigenvalue weighted by atomic mass is 32.2. The largest absolute Gasteiger partial charge is 0.450 e. The maximum atomic E-state index is 12.0. The molecule has 0 radical (unpaired) electrons. The van der Waals surface area contributed by atoms with Crippen molar-refractivity contribution in [2.45, 2.75) is 11.1 Å². The molecule has 18 heavy (non-hydrogen) atoms. The van der Waals surface area contributed by atoms with Crippen LogP contribution in [0.4, 0.5) is 18.9 Å². The molecule has 0 atom stereocenters. The molecule has 0 bridgehead atoms. The average Bonchev–Trinajstić information content (AvgIpc) is 2.24. The van der Waals surface area contributed by atoms with Crippen LogP contribution in [-0.4, -0.2) is 20.4 Å². The third-order valence-electron chi connectivity index (χ3n) is 1.78.